The van der Waals surface area contributed by atoms with Crippen molar-refractivity contribution in [3.63, 3.8) is 0 Å². The maximum atomic E-state index is 13.0. The molecule has 2 aliphatic carbocycles. The number of allylic oxidation sites excluding steroid dienone is 2. The highest BCUT2D eigenvalue weighted by Crippen LogP contribution is 2.42. The quantitative estimate of drug-likeness (QED) is 0.761. The van der Waals surface area contributed by atoms with Crippen molar-refractivity contribution in [2.75, 3.05) is 44.2 Å². The highest BCUT2D eigenvalue weighted by Gasteiger charge is 2.35. The van der Waals surface area contributed by atoms with Gasteiger partial charge < -0.3 is 20.4 Å². The molecule has 1 saturated heterocycles. The Balaban J connectivity index is 1.15. The van der Waals surface area contributed by atoms with E-state index in [1.807, 2.05) is 0 Å². The van der Waals surface area contributed by atoms with E-state index < -0.39 is 0 Å². The number of halogens is 1. The number of nitrogens with one attached hydrogen (secondary N) is 2. The van der Waals surface area contributed by atoms with Crippen LogP contribution in [0.5, 0.6) is 0 Å². The molecule has 3 aliphatic rings. The minimum absolute atomic E-state index is 0.00760. The Bertz CT molecular complexity index is 743. The fourth-order valence-corrected chi connectivity index (χ4v) is 4.52. The largest absolute Gasteiger partial charge is 0.368 e. The van der Waals surface area contributed by atoms with Crippen molar-refractivity contribution in [2.45, 2.75) is 12.8 Å². The highest BCUT2D eigenvalue weighted by molar-refractivity contribution is 5.84. The van der Waals surface area contributed by atoms with Gasteiger partial charge in [0, 0.05) is 38.4 Å². The monoisotopic (exact) mass is 386 g/mol. The van der Waals surface area contributed by atoms with Gasteiger partial charge in [0.15, 0.2) is 0 Å². The van der Waals surface area contributed by atoms with Gasteiger partial charge in [0.25, 0.3) is 0 Å². The first-order valence-corrected chi connectivity index (χ1v) is 10.1. The van der Waals surface area contributed by atoms with E-state index in [0.29, 0.717) is 50.5 Å². The summed E-state index contributed by atoms with van der Waals surface area (Å²) in [6, 6.07) is 6.18. The first kappa shape index (κ1) is 18.8. The van der Waals surface area contributed by atoms with Gasteiger partial charge in [0.2, 0.25) is 5.91 Å². The van der Waals surface area contributed by atoms with Crippen LogP contribution in [-0.4, -0.2) is 56.1 Å². The van der Waals surface area contributed by atoms with E-state index in [1.54, 1.807) is 17.0 Å². The first-order chi connectivity index (χ1) is 13.6. The molecule has 2 fully saturated rings. The Hall–Kier alpha value is -2.57. The standard InChI is InChI=1S/C21H27FN4O2/c22-18-3-5-19(6-4-18)25-7-9-26(10-8-25)21(28)24-14-20(27)23-13-17-12-15-1-2-16(17)11-15/h1-6,15-17H,7-14H2,(H,23,27)(H,24,28). The molecule has 28 heavy (non-hydrogen) atoms. The number of fused-ring (bicyclic) bond motifs is 2. The van der Waals surface area contributed by atoms with Crippen LogP contribution in [0.2, 0.25) is 0 Å². The number of carbonyl (C=O) groups excluding carboxylic acids is 2. The van der Waals surface area contributed by atoms with Crippen molar-refractivity contribution >= 4 is 17.6 Å². The summed E-state index contributed by atoms with van der Waals surface area (Å²) in [5, 5.41) is 5.67. The molecule has 1 aliphatic heterocycles. The predicted octanol–water partition coefficient (Wildman–Crippen LogP) is 1.99. The Kier molecular flexibility index (Phi) is 5.50. The maximum absolute atomic E-state index is 13.0. The summed E-state index contributed by atoms with van der Waals surface area (Å²) in [6.07, 6.45) is 6.95. The van der Waals surface area contributed by atoms with Gasteiger partial charge in [0.1, 0.15) is 5.82 Å². The van der Waals surface area contributed by atoms with E-state index in [9.17, 15) is 14.0 Å². The molecular formula is C21H27FN4O2. The number of piperazine rings is 1. The lowest BCUT2D eigenvalue weighted by Gasteiger charge is -2.36. The number of rotatable bonds is 5. The summed E-state index contributed by atoms with van der Waals surface area (Å²) in [6.45, 7) is 3.21. The number of amides is 3. The average molecular weight is 386 g/mol. The Labute approximate surface area is 164 Å². The number of urea groups is 1. The van der Waals surface area contributed by atoms with E-state index >= 15 is 0 Å². The lowest BCUT2D eigenvalue weighted by atomic mass is 9.94. The van der Waals surface area contributed by atoms with Crippen LogP contribution in [0.4, 0.5) is 14.9 Å². The van der Waals surface area contributed by atoms with Crippen molar-refractivity contribution in [2.24, 2.45) is 17.8 Å². The predicted molar refractivity (Wildman–Crippen MR) is 105 cm³/mol. The second-order valence-corrected chi connectivity index (χ2v) is 7.95. The molecule has 0 radical (unpaired) electrons. The Morgan fingerprint density at radius 1 is 1.00 bits per heavy atom. The third-order valence-corrected chi connectivity index (χ3v) is 6.14. The van der Waals surface area contributed by atoms with Crippen LogP contribution >= 0.6 is 0 Å². The molecule has 7 heteroatoms. The lowest BCUT2D eigenvalue weighted by molar-refractivity contribution is -0.120. The molecule has 1 saturated carbocycles. The summed E-state index contributed by atoms with van der Waals surface area (Å²) in [5.74, 6) is 1.45. The highest BCUT2D eigenvalue weighted by atomic mass is 19.1. The van der Waals surface area contributed by atoms with Gasteiger partial charge in [-0.05, 0) is 54.9 Å². The van der Waals surface area contributed by atoms with Gasteiger partial charge in [-0.3, -0.25) is 4.79 Å². The third kappa shape index (κ3) is 4.29. The van der Waals surface area contributed by atoms with Crippen LogP contribution in [0.3, 0.4) is 0 Å². The third-order valence-electron chi connectivity index (χ3n) is 6.14. The normalized spacial score (nSPS) is 25.8. The van der Waals surface area contributed by atoms with Crippen molar-refractivity contribution in [3.8, 4) is 0 Å². The molecule has 6 nitrogen and oxygen atoms in total. The van der Waals surface area contributed by atoms with Gasteiger partial charge in [-0.25, -0.2) is 9.18 Å². The minimum Gasteiger partial charge on any atom is -0.368 e. The fraction of sp³-hybridized carbons (Fsp3) is 0.524. The van der Waals surface area contributed by atoms with E-state index in [4.69, 9.17) is 0 Å². The van der Waals surface area contributed by atoms with Crippen LogP contribution in [-0.2, 0) is 4.79 Å². The number of hydrogen-bond acceptors (Lipinski definition) is 3. The minimum atomic E-state index is -0.253. The second-order valence-electron chi connectivity index (χ2n) is 7.95. The van der Waals surface area contributed by atoms with Gasteiger partial charge >= 0.3 is 6.03 Å². The van der Waals surface area contributed by atoms with E-state index in [2.05, 4.69) is 27.7 Å². The molecule has 1 aromatic rings. The summed E-state index contributed by atoms with van der Waals surface area (Å²) >= 11 is 0. The first-order valence-electron chi connectivity index (χ1n) is 10.1. The summed E-state index contributed by atoms with van der Waals surface area (Å²) < 4.78 is 13.0. The van der Waals surface area contributed by atoms with Gasteiger partial charge in [-0.2, -0.15) is 0 Å². The lowest BCUT2D eigenvalue weighted by Crippen LogP contribution is -2.53. The molecular weight excluding hydrogens is 359 g/mol. The molecule has 3 amide bonds. The molecule has 1 aromatic carbocycles. The fourth-order valence-electron chi connectivity index (χ4n) is 4.52. The number of hydrogen-bond donors (Lipinski definition) is 2. The SMILES string of the molecule is O=C(CNC(=O)N1CCN(c2ccc(F)cc2)CC1)NCC1CC2C=CC1C2. The molecule has 3 unspecified atom stereocenters. The van der Waals surface area contributed by atoms with Crippen LogP contribution in [0, 0.1) is 23.6 Å². The topological polar surface area (TPSA) is 64.7 Å². The maximum Gasteiger partial charge on any atom is 0.317 e. The molecule has 0 spiro atoms. The Morgan fingerprint density at radius 3 is 2.39 bits per heavy atom. The smallest absolute Gasteiger partial charge is 0.317 e. The van der Waals surface area contributed by atoms with Crippen LogP contribution in [0.15, 0.2) is 36.4 Å². The molecule has 4 rings (SSSR count). The van der Waals surface area contributed by atoms with Crippen molar-refractivity contribution in [1.29, 1.82) is 0 Å². The second kappa shape index (κ2) is 8.20. The summed E-state index contributed by atoms with van der Waals surface area (Å²) in [7, 11) is 0. The average Bonchev–Trinajstić information content (AvgIpc) is 3.34. The van der Waals surface area contributed by atoms with Gasteiger partial charge in [-0.15, -0.1) is 0 Å². The molecule has 2 bridgehead atoms. The molecule has 2 N–H and O–H groups in total. The zero-order valence-electron chi connectivity index (χ0n) is 15.9. The van der Waals surface area contributed by atoms with Gasteiger partial charge in [-0.1, -0.05) is 12.2 Å². The number of anilines is 1. The number of benzene rings is 1. The van der Waals surface area contributed by atoms with Crippen LogP contribution < -0.4 is 15.5 Å². The van der Waals surface area contributed by atoms with Crippen molar-refractivity contribution in [3.05, 3.63) is 42.2 Å². The van der Waals surface area contributed by atoms with Crippen LogP contribution in [0.25, 0.3) is 0 Å². The number of carbonyl (C=O) groups is 2. The van der Waals surface area contributed by atoms with Crippen molar-refractivity contribution in [1.82, 2.24) is 15.5 Å². The molecule has 1 heterocycles. The molecule has 150 valence electrons. The zero-order valence-corrected chi connectivity index (χ0v) is 15.9. The Morgan fingerprint density at radius 2 is 1.75 bits per heavy atom. The molecule has 0 aromatic heterocycles. The zero-order chi connectivity index (χ0) is 19.5. The van der Waals surface area contributed by atoms with E-state index in [-0.39, 0.29) is 24.3 Å². The van der Waals surface area contributed by atoms with E-state index in [1.165, 1.54) is 18.6 Å². The van der Waals surface area contributed by atoms with E-state index in [0.717, 1.165) is 12.1 Å². The number of nitrogens with zero attached hydrogens (tertiary/aromatic N) is 2. The molecule has 3 atom stereocenters. The van der Waals surface area contributed by atoms with Crippen LogP contribution in [0.1, 0.15) is 12.8 Å². The van der Waals surface area contributed by atoms with Gasteiger partial charge in [0.05, 0.1) is 6.54 Å². The summed E-state index contributed by atoms with van der Waals surface area (Å²) in [4.78, 5) is 28.2. The van der Waals surface area contributed by atoms with Crippen molar-refractivity contribution < 1.29 is 14.0 Å². The summed E-state index contributed by atoms with van der Waals surface area (Å²) in [5.41, 5.74) is 0.955.